The van der Waals surface area contributed by atoms with E-state index in [1.807, 2.05) is 0 Å². The van der Waals surface area contributed by atoms with E-state index in [-0.39, 0.29) is 18.1 Å². The fourth-order valence-electron chi connectivity index (χ4n) is 1.98. The quantitative estimate of drug-likeness (QED) is 0.685. The summed E-state index contributed by atoms with van der Waals surface area (Å²) in [6.45, 7) is 7.58. The third kappa shape index (κ3) is 3.32. The van der Waals surface area contributed by atoms with Gasteiger partial charge in [0.25, 0.3) is 5.91 Å². The van der Waals surface area contributed by atoms with Crippen LogP contribution in [0.4, 0.5) is 0 Å². The van der Waals surface area contributed by atoms with Crippen molar-refractivity contribution in [1.82, 2.24) is 4.90 Å². The topological polar surface area (TPSA) is 55.6 Å². The first-order valence-electron chi connectivity index (χ1n) is 5.98. The summed E-state index contributed by atoms with van der Waals surface area (Å²) in [5, 5.41) is 0. The van der Waals surface area contributed by atoms with E-state index in [4.69, 9.17) is 10.5 Å². The number of hydrogen-bond donors (Lipinski definition) is 1. The second-order valence-electron chi connectivity index (χ2n) is 4.13. The van der Waals surface area contributed by atoms with Gasteiger partial charge in [0.1, 0.15) is 6.10 Å². The molecule has 1 aliphatic heterocycles. The summed E-state index contributed by atoms with van der Waals surface area (Å²) < 4.78 is 5.60. The molecule has 0 bridgehead atoms. The fraction of sp³-hybridized carbons (Fsp3) is 0.750. The number of hydrogen-bond acceptors (Lipinski definition) is 3. The van der Waals surface area contributed by atoms with Crippen LogP contribution in [0.25, 0.3) is 0 Å². The van der Waals surface area contributed by atoms with Gasteiger partial charge in [0.05, 0.1) is 6.10 Å². The molecule has 2 atom stereocenters. The molecule has 0 aromatic carbocycles. The Hall–Kier alpha value is -0.870. The number of carbonyl (C=O) groups is 1. The van der Waals surface area contributed by atoms with E-state index in [0.29, 0.717) is 13.1 Å². The molecule has 2 N–H and O–H groups in total. The van der Waals surface area contributed by atoms with E-state index < -0.39 is 0 Å². The first kappa shape index (κ1) is 13.2. The zero-order chi connectivity index (χ0) is 12.0. The zero-order valence-corrected chi connectivity index (χ0v) is 10.0. The summed E-state index contributed by atoms with van der Waals surface area (Å²) in [4.78, 5) is 13.9. The summed E-state index contributed by atoms with van der Waals surface area (Å²) >= 11 is 0. The van der Waals surface area contributed by atoms with Crippen molar-refractivity contribution in [2.24, 2.45) is 5.73 Å². The van der Waals surface area contributed by atoms with E-state index in [2.05, 4.69) is 13.5 Å². The number of rotatable bonds is 6. The molecular formula is C12H22N2O2. The van der Waals surface area contributed by atoms with E-state index in [9.17, 15) is 4.79 Å². The third-order valence-corrected chi connectivity index (χ3v) is 2.80. The standard InChI is InChI=1S/C12H22N2O2/c1-3-7-14(8-4-2)12(15)11-6-5-10(9-13)16-11/h3,10-11H,1,4-9,13H2,2H3. The Morgan fingerprint density at radius 1 is 1.62 bits per heavy atom. The molecule has 0 radical (unpaired) electrons. The van der Waals surface area contributed by atoms with Crippen molar-refractivity contribution >= 4 is 5.91 Å². The predicted molar refractivity (Wildman–Crippen MR) is 64.0 cm³/mol. The van der Waals surface area contributed by atoms with Crippen molar-refractivity contribution < 1.29 is 9.53 Å². The highest BCUT2D eigenvalue weighted by Crippen LogP contribution is 2.20. The molecular weight excluding hydrogens is 204 g/mol. The molecule has 0 saturated carbocycles. The van der Waals surface area contributed by atoms with Crippen LogP contribution in [0.2, 0.25) is 0 Å². The lowest BCUT2D eigenvalue weighted by molar-refractivity contribution is -0.142. The van der Waals surface area contributed by atoms with Gasteiger partial charge in [0.15, 0.2) is 0 Å². The average Bonchev–Trinajstić information content (AvgIpc) is 2.76. The minimum Gasteiger partial charge on any atom is -0.364 e. The maximum Gasteiger partial charge on any atom is 0.251 e. The van der Waals surface area contributed by atoms with Crippen LogP contribution in [0.5, 0.6) is 0 Å². The third-order valence-electron chi connectivity index (χ3n) is 2.80. The highest BCUT2D eigenvalue weighted by molar-refractivity contribution is 5.81. The molecule has 1 fully saturated rings. The summed E-state index contributed by atoms with van der Waals surface area (Å²) in [7, 11) is 0. The highest BCUT2D eigenvalue weighted by atomic mass is 16.5. The first-order chi connectivity index (χ1) is 7.72. The van der Waals surface area contributed by atoms with Crippen LogP contribution >= 0.6 is 0 Å². The van der Waals surface area contributed by atoms with Crippen LogP contribution in [0.1, 0.15) is 26.2 Å². The van der Waals surface area contributed by atoms with Gasteiger partial charge >= 0.3 is 0 Å². The Morgan fingerprint density at radius 2 is 2.38 bits per heavy atom. The van der Waals surface area contributed by atoms with E-state index in [1.165, 1.54) is 0 Å². The monoisotopic (exact) mass is 226 g/mol. The van der Waals surface area contributed by atoms with Crippen molar-refractivity contribution in [2.45, 2.75) is 38.4 Å². The lowest BCUT2D eigenvalue weighted by Crippen LogP contribution is -2.40. The largest absolute Gasteiger partial charge is 0.364 e. The second-order valence-corrected chi connectivity index (χ2v) is 4.13. The lowest BCUT2D eigenvalue weighted by atomic mass is 10.1. The number of ether oxygens (including phenoxy) is 1. The molecule has 2 unspecified atom stereocenters. The van der Waals surface area contributed by atoms with Crippen molar-refractivity contribution in [2.75, 3.05) is 19.6 Å². The minimum absolute atomic E-state index is 0.0566. The Kier molecular flexibility index (Phi) is 5.49. The smallest absolute Gasteiger partial charge is 0.251 e. The molecule has 0 aromatic heterocycles. The molecule has 0 aromatic rings. The fourth-order valence-corrected chi connectivity index (χ4v) is 1.98. The van der Waals surface area contributed by atoms with E-state index in [1.54, 1.807) is 11.0 Å². The van der Waals surface area contributed by atoms with Gasteiger partial charge in [0.2, 0.25) is 0 Å². The van der Waals surface area contributed by atoms with Gasteiger partial charge in [-0.3, -0.25) is 4.79 Å². The van der Waals surface area contributed by atoms with Gasteiger partial charge in [0, 0.05) is 19.6 Å². The maximum atomic E-state index is 12.1. The van der Waals surface area contributed by atoms with Gasteiger partial charge in [-0.2, -0.15) is 0 Å². The summed E-state index contributed by atoms with van der Waals surface area (Å²) in [5.74, 6) is 0.0812. The van der Waals surface area contributed by atoms with Gasteiger partial charge in [-0.1, -0.05) is 13.0 Å². The summed E-state index contributed by atoms with van der Waals surface area (Å²) in [6.07, 6.45) is 4.15. The second kappa shape index (κ2) is 6.66. The van der Waals surface area contributed by atoms with Crippen LogP contribution in [0.15, 0.2) is 12.7 Å². The molecule has 92 valence electrons. The maximum absolute atomic E-state index is 12.1. The van der Waals surface area contributed by atoms with Gasteiger partial charge in [-0.15, -0.1) is 6.58 Å². The van der Waals surface area contributed by atoms with Gasteiger partial charge < -0.3 is 15.4 Å². The number of nitrogens with zero attached hydrogens (tertiary/aromatic N) is 1. The molecule has 16 heavy (non-hydrogen) atoms. The van der Waals surface area contributed by atoms with Gasteiger partial charge in [-0.05, 0) is 19.3 Å². The number of nitrogens with two attached hydrogens (primary N) is 1. The van der Waals surface area contributed by atoms with Gasteiger partial charge in [-0.25, -0.2) is 0 Å². The van der Waals surface area contributed by atoms with E-state index >= 15 is 0 Å². The molecule has 1 heterocycles. The highest BCUT2D eigenvalue weighted by Gasteiger charge is 2.32. The van der Waals surface area contributed by atoms with Crippen molar-refractivity contribution in [3.05, 3.63) is 12.7 Å². The summed E-state index contributed by atoms with van der Waals surface area (Å²) in [5.41, 5.74) is 5.52. The Bertz CT molecular complexity index is 243. The Balaban J connectivity index is 2.50. The Morgan fingerprint density at radius 3 is 2.88 bits per heavy atom. The van der Waals surface area contributed by atoms with Crippen molar-refractivity contribution in [3.63, 3.8) is 0 Å². The molecule has 1 saturated heterocycles. The van der Waals surface area contributed by atoms with E-state index in [0.717, 1.165) is 25.8 Å². The molecule has 0 spiro atoms. The Labute approximate surface area is 97.4 Å². The van der Waals surface area contributed by atoms with Crippen molar-refractivity contribution in [3.8, 4) is 0 Å². The van der Waals surface area contributed by atoms with Crippen LogP contribution in [-0.4, -0.2) is 42.6 Å². The molecule has 1 rings (SSSR count). The molecule has 0 aliphatic carbocycles. The van der Waals surface area contributed by atoms with Crippen LogP contribution < -0.4 is 5.73 Å². The lowest BCUT2D eigenvalue weighted by Gasteiger charge is -2.23. The van der Waals surface area contributed by atoms with Crippen LogP contribution in [0, 0.1) is 0 Å². The normalized spacial score (nSPS) is 24.4. The number of carbonyl (C=O) groups excluding carboxylic acids is 1. The molecule has 4 heteroatoms. The molecule has 4 nitrogen and oxygen atoms in total. The number of amides is 1. The van der Waals surface area contributed by atoms with Crippen LogP contribution in [0.3, 0.4) is 0 Å². The minimum atomic E-state index is -0.292. The first-order valence-corrected chi connectivity index (χ1v) is 5.98. The zero-order valence-electron chi connectivity index (χ0n) is 10.0. The predicted octanol–water partition coefficient (Wildman–Crippen LogP) is 0.917. The van der Waals surface area contributed by atoms with Crippen LogP contribution in [-0.2, 0) is 9.53 Å². The summed E-state index contributed by atoms with van der Waals surface area (Å²) in [6, 6.07) is 0. The SMILES string of the molecule is C=CCN(CCC)C(=O)C1CCC(CN)O1. The van der Waals surface area contributed by atoms with Crippen molar-refractivity contribution in [1.29, 1.82) is 0 Å². The molecule has 1 amide bonds. The average molecular weight is 226 g/mol. The molecule has 1 aliphatic rings.